The van der Waals surface area contributed by atoms with Crippen molar-refractivity contribution in [3.05, 3.63) is 77.6 Å². The van der Waals surface area contributed by atoms with Crippen molar-refractivity contribution in [2.45, 2.75) is 45.3 Å². The number of aryl methyl sites for hydroxylation is 4. The number of nitrogens with zero attached hydrogens (tertiary/aromatic N) is 3. The summed E-state index contributed by atoms with van der Waals surface area (Å²) < 4.78 is 7.89. The molecular weight excluding hydrogens is 420 g/mol. The summed E-state index contributed by atoms with van der Waals surface area (Å²) in [6, 6.07) is 14.0. The van der Waals surface area contributed by atoms with Crippen LogP contribution in [0.2, 0.25) is 0 Å². The maximum absolute atomic E-state index is 12.4. The van der Waals surface area contributed by atoms with Crippen molar-refractivity contribution in [1.82, 2.24) is 14.8 Å². The lowest BCUT2D eigenvalue weighted by Gasteiger charge is -2.10. The third-order valence-corrected chi connectivity index (χ3v) is 5.96. The van der Waals surface area contributed by atoms with Gasteiger partial charge in [-0.15, -0.1) is 16.8 Å². The van der Waals surface area contributed by atoms with Gasteiger partial charge in [0.25, 0.3) is 0 Å². The molecule has 168 valence electrons. The van der Waals surface area contributed by atoms with Gasteiger partial charge >= 0.3 is 0 Å². The predicted molar refractivity (Wildman–Crippen MR) is 130 cm³/mol. The van der Waals surface area contributed by atoms with Gasteiger partial charge in [0.15, 0.2) is 5.16 Å². The molecular formula is C25H30N4O2S. The maximum atomic E-state index is 12.4. The first-order chi connectivity index (χ1) is 15.5. The van der Waals surface area contributed by atoms with Gasteiger partial charge in [-0.25, -0.2) is 0 Å². The molecule has 0 atom stereocenters. The normalized spacial score (nSPS) is 10.7. The molecule has 0 bridgehead atoms. The number of carbonyl (C=O) groups excluding carboxylic acids is 1. The van der Waals surface area contributed by atoms with Gasteiger partial charge in [0.05, 0.1) is 12.4 Å². The second-order valence-corrected chi connectivity index (χ2v) is 8.61. The lowest BCUT2D eigenvalue weighted by Crippen LogP contribution is -2.15. The van der Waals surface area contributed by atoms with Crippen molar-refractivity contribution < 1.29 is 9.53 Å². The second-order valence-electron chi connectivity index (χ2n) is 7.67. The van der Waals surface area contributed by atoms with E-state index >= 15 is 0 Å². The van der Waals surface area contributed by atoms with Crippen molar-refractivity contribution in [2.75, 3.05) is 17.7 Å². The van der Waals surface area contributed by atoms with Crippen LogP contribution in [-0.2, 0) is 17.8 Å². The fourth-order valence-corrected chi connectivity index (χ4v) is 4.09. The highest BCUT2D eigenvalue weighted by Crippen LogP contribution is 2.21. The van der Waals surface area contributed by atoms with Crippen LogP contribution >= 0.6 is 11.8 Å². The number of ether oxygens (including phenoxy) is 1. The smallest absolute Gasteiger partial charge is 0.234 e. The number of amides is 1. The van der Waals surface area contributed by atoms with Gasteiger partial charge in [0.1, 0.15) is 11.6 Å². The molecule has 6 nitrogen and oxygen atoms in total. The minimum absolute atomic E-state index is 0.0664. The first-order valence-electron chi connectivity index (χ1n) is 10.7. The Bertz CT molecular complexity index is 1080. The molecule has 0 spiro atoms. The van der Waals surface area contributed by atoms with Crippen molar-refractivity contribution in [3.8, 4) is 5.75 Å². The lowest BCUT2D eigenvalue weighted by atomic mass is 10.1. The molecule has 3 aromatic rings. The highest BCUT2D eigenvalue weighted by Gasteiger charge is 2.14. The number of rotatable bonds is 11. The van der Waals surface area contributed by atoms with Crippen LogP contribution in [0.25, 0.3) is 0 Å². The molecule has 0 fully saturated rings. The number of anilines is 1. The summed E-state index contributed by atoms with van der Waals surface area (Å²) in [5, 5.41) is 12.3. The van der Waals surface area contributed by atoms with E-state index in [0.29, 0.717) is 13.2 Å². The Hall–Kier alpha value is -3.06. The second kappa shape index (κ2) is 11.5. The quantitative estimate of drug-likeness (QED) is 0.249. The van der Waals surface area contributed by atoms with Gasteiger partial charge in [0, 0.05) is 18.7 Å². The van der Waals surface area contributed by atoms with Gasteiger partial charge < -0.3 is 14.6 Å². The number of para-hydroxylation sites is 1. The van der Waals surface area contributed by atoms with Crippen LogP contribution in [0, 0.1) is 20.8 Å². The van der Waals surface area contributed by atoms with E-state index in [9.17, 15) is 4.79 Å². The highest BCUT2D eigenvalue weighted by atomic mass is 32.2. The number of aromatic nitrogens is 3. The van der Waals surface area contributed by atoms with Crippen molar-refractivity contribution in [2.24, 2.45) is 0 Å². The largest absolute Gasteiger partial charge is 0.493 e. The van der Waals surface area contributed by atoms with Gasteiger partial charge in [0.2, 0.25) is 5.91 Å². The van der Waals surface area contributed by atoms with Crippen LogP contribution in [0.3, 0.4) is 0 Å². The van der Waals surface area contributed by atoms with Gasteiger partial charge in [-0.05, 0) is 50.5 Å². The topological polar surface area (TPSA) is 69.0 Å². The Labute approximate surface area is 194 Å². The molecule has 3 rings (SSSR count). The minimum atomic E-state index is -0.0664. The summed E-state index contributed by atoms with van der Waals surface area (Å²) in [4.78, 5) is 12.4. The van der Waals surface area contributed by atoms with Crippen molar-refractivity contribution >= 4 is 23.4 Å². The monoisotopic (exact) mass is 450 g/mol. The van der Waals surface area contributed by atoms with E-state index in [1.54, 1.807) is 0 Å². The summed E-state index contributed by atoms with van der Waals surface area (Å²) in [7, 11) is 0. The fraction of sp³-hybridized carbons (Fsp3) is 0.320. The van der Waals surface area contributed by atoms with E-state index in [1.807, 2.05) is 67.8 Å². The molecule has 0 aliphatic heterocycles. The lowest BCUT2D eigenvalue weighted by molar-refractivity contribution is -0.113. The molecule has 1 heterocycles. The zero-order valence-electron chi connectivity index (χ0n) is 18.9. The van der Waals surface area contributed by atoms with Crippen LogP contribution in [0.4, 0.5) is 5.69 Å². The van der Waals surface area contributed by atoms with Crippen LogP contribution in [0.15, 0.2) is 60.3 Å². The molecule has 0 aliphatic rings. The number of thioether (sulfide) groups is 1. The van der Waals surface area contributed by atoms with Crippen LogP contribution in [-0.4, -0.2) is 33.0 Å². The van der Waals surface area contributed by atoms with Gasteiger partial charge in [-0.2, -0.15) is 0 Å². The number of carbonyl (C=O) groups is 1. The summed E-state index contributed by atoms with van der Waals surface area (Å²) in [6.45, 7) is 11.1. The molecule has 0 radical (unpaired) electrons. The third kappa shape index (κ3) is 6.47. The van der Waals surface area contributed by atoms with E-state index in [2.05, 4.69) is 28.2 Å². The number of hydrogen-bond donors (Lipinski definition) is 1. The van der Waals surface area contributed by atoms with Gasteiger partial charge in [-0.3, -0.25) is 4.79 Å². The SMILES string of the molecule is C=CCn1c(CCCOc2ccccc2C)nnc1SCC(=O)Nc1ccc(C)cc1C. The van der Waals surface area contributed by atoms with E-state index in [1.165, 1.54) is 17.3 Å². The molecule has 2 aromatic carbocycles. The maximum Gasteiger partial charge on any atom is 0.234 e. The average Bonchev–Trinajstić information content (AvgIpc) is 3.15. The molecule has 0 saturated carbocycles. The Morgan fingerprint density at radius 3 is 2.72 bits per heavy atom. The van der Waals surface area contributed by atoms with Crippen molar-refractivity contribution in [1.29, 1.82) is 0 Å². The molecule has 1 N–H and O–H groups in total. The van der Waals surface area contributed by atoms with Crippen molar-refractivity contribution in [3.63, 3.8) is 0 Å². The van der Waals surface area contributed by atoms with Gasteiger partial charge in [-0.1, -0.05) is 53.7 Å². The minimum Gasteiger partial charge on any atom is -0.493 e. The third-order valence-electron chi connectivity index (χ3n) is 4.99. The molecule has 32 heavy (non-hydrogen) atoms. The predicted octanol–water partition coefficient (Wildman–Crippen LogP) is 5.13. The first-order valence-corrected chi connectivity index (χ1v) is 11.7. The van der Waals surface area contributed by atoms with Crippen LogP contribution in [0.5, 0.6) is 5.75 Å². The zero-order chi connectivity index (χ0) is 22.9. The Balaban J connectivity index is 1.53. The van der Waals surface area contributed by atoms with Crippen LogP contribution < -0.4 is 10.1 Å². The number of benzene rings is 2. The zero-order valence-corrected chi connectivity index (χ0v) is 19.7. The molecule has 0 saturated heterocycles. The fourth-order valence-electron chi connectivity index (χ4n) is 3.32. The standard InChI is InChI=1S/C25H30N4O2S/c1-5-14-29-23(11-8-15-31-22-10-7-6-9-19(22)3)27-28-25(29)32-17-24(30)26-21-13-12-18(2)16-20(21)4/h5-7,9-10,12-13,16H,1,8,11,14-15,17H2,2-4H3,(H,26,30). The molecule has 1 amide bonds. The molecule has 1 aromatic heterocycles. The van der Waals surface area contributed by atoms with E-state index in [0.717, 1.165) is 46.4 Å². The number of nitrogens with one attached hydrogen (secondary N) is 1. The summed E-state index contributed by atoms with van der Waals surface area (Å²) in [5.41, 5.74) is 4.18. The summed E-state index contributed by atoms with van der Waals surface area (Å²) >= 11 is 1.38. The van der Waals surface area contributed by atoms with E-state index < -0.39 is 0 Å². The highest BCUT2D eigenvalue weighted by molar-refractivity contribution is 7.99. The summed E-state index contributed by atoms with van der Waals surface area (Å²) in [6.07, 6.45) is 3.37. The molecule has 7 heteroatoms. The Morgan fingerprint density at radius 1 is 1.16 bits per heavy atom. The first kappa shape index (κ1) is 23.6. The number of hydrogen-bond acceptors (Lipinski definition) is 5. The summed E-state index contributed by atoms with van der Waals surface area (Å²) in [5.74, 6) is 1.98. The van der Waals surface area contributed by atoms with Crippen LogP contribution in [0.1, 0.15) is 28.9 Å². The Morgan fingerprint density at radius 2 is 1.97 bits per heavy atom. The van der Waals surface area contributed by atoms with E-state index in [-0.39, 0.29) is 11.7 Å². The number of allylic oxidation sites excluding steroid dienone is 1. The Kier molecular flexibility index (Phi) is 8.50. The van der Waals surface area contributed by atoms with E-state index in [4.69, 9.17) is 4.74 Å². The average molecular weight is 451 g/mol. The molecule has 0 unspecified atom stereocenters. The molecule has 0 aliphatic carbocycles.